The molecule has 0 bridgehead atoms. The van der Waals surface area contributed by atoms with Crippen LogP contribution in [0.5, 0.6) is 0 Å². The van der Waals surface area contributed by atoms with Crippen LogP contribution in [-0.4, -0.2) is 113 Å². The van der Waals surface area contributed by atoms with Crippen LogP contribution < -0.4 is 9.44 Å². The van der Waals surface area contributed by atoms with E-state index in [4.69, 9.17) is 32.7 Å². The van der Waals surface area contributed by atoms with Gasteiger partial charge >= 0.3 is 0 Å². The second-order valence-corrected chi connectivity index (χ2v) is 18.3. The van der Waals surface area contributed by atoms with Crippen molar-refractivity contribution in [1.29, 1.82) is 0 Å². The number of aromatic nitrogens is 4. The van der Waals surface area contributed by atoms with Crippen molar-refractivity contribution in [3.05, 3.63) is 67.6 Å². The summed E-state index contributed by atoms with van der Waals surface area (Å²) in [6.07, 6.45) is 3.43. The van der Waals surface area contributed by atoms with Crippen molar-refractivity contribution < 1.29 is 26.3 Å². The number of nitrogens with one attached hydrogen (secondary N) is 2. The second kappa shape index (κ2) is 19.2. The summed E-state index contributed by atoms with van der Waals surface area (Å²) >= 11 is 14.5. The summed E-state index contributed by atoms with van der Waals surface area (Å²) in [5.74, 6) is 0. The van der Waals surface area contributed by atoms with Gasteiger partial charge in [-0.2, -0.15) is 0 Å². The lowest BCUT2D eigenvalue weighted by atomic mass is 10.1. The number of sulfonamides is 2. The van der Waals surface area contributed by atoms with Crippen LogP contribution in [0.3, 0.4) is 0 Å². The average Bonchev–Trinajstić information content (AvgIpc) is 3.75. The van der Waals surface area contributed by atoms with Gasteiger partial charge in [0.15, 0.2) is 0 Å². The number of nitrogens with zero attached hydrogens (tertiary/aromatic N) is 6. The van der Waals surface area contributed by atoms with E-state index in [2.05, 4.69) is 46.6 Å². The van der Waals surface area contributed by atoms with Gasteiger partial charge < -0.3 is 9.47 Å². The summed E-state index contributed by atoms with van der Waals surface area (Å²) in [7, 11) is -7.51. The molecule has 2 fully saturated rings. The number of anilines is 2. The summed E-state index contributed by atoms with van der Waals surface area (Å²) in [4.78, 5) is 4.83. The first-order chi connectivity index (χ1) is 24.9. The Labute approximate surface area is 323 Å². The number of benzene rings is 2. The van der Waals surface area contributed by atoms with E-state index in [-0.39, 0.29) is 19.9 Å². The maximum atomic E-state index is 12.6. The molecule has 0 unspecified atom stereocenters. The molecule has 0 aliphatic carbocycles. The van der Waals surface area contributed by atoms with E-state index in [0.29, 0.717) is 22.1 Å². The van der Waals surface area contributed by atoms with Crippen molar-refractivity contribution in [2.75, 3.05) is 75.1 Å². The Balaban J connectivity index is 0.000000201. The van der Waals surface area contributed by atoms with Gasteiger partial charge in [0.1, 0.15) is 14.9 Å². The molecule has 2 aliphatic heterocycles. The zero-order valence-corrected chi connectivity index (χ0v) is 33.7. The molecule has 2 N–H and O–H groups in total. The lowest BCUT2D eigenvalue weighted by molar-refractivity contribution is 0.0384. The van der Waals surface area contributed by atoms with E-state index in [1.54, 1.807) is 25.1 Å². The third-order valence-electron chi connectivity index (χ3n) is 8.10. The number of morpholine rings is 2. The predicted molar refractivity (Wildman–Crippen MR) is 205 cm³/mol. The molecular weight excluding hydrogens is 792 g/mol. The summed E-state index contributed by atoms with van der Waals surface area (Å²) in [5.41, 5.74) is 1.60. The Kier molecular flexibility index (Phi) is 15.0. The topological polar surface area (TPSA) is 169 Å². The fourth-order valence-electron chi connectivity index (χ4n) is 5.44. The molecule has 4 heterocycles. The molecule has 2 aromatic heterocycles. The van der Waals surface area contributed by atoms with Gasteiger partial charge in [0, 0.05) is 57.1 Å². The van der Waals surface area contributed by atoms with Crippen LogP contribution in [0.25, 0.3) is 0 Å². The highest BCUT2D eigenvalue weighted by atomic mass is 35.5. The summed E-state index contributed by atoms with van der Waals surface area (Å²) in [5, 5.41) is 18.6. The van der Waals surface area contributed by atoms with E-state index in [9.17, 15) is 16.8 Å². The number of halogens is 2. The first-order valence-corrected chi connectivity index (χ1v) is 22.1. The zero-order valence-electron chi connectivity index (χ0n) is 28.9. The molecular formula is C32H42Cl2N8O6S4. The van der Waals surface area contributed by atoms with Gasteiger partial charge in [-0.3, -0.25) is 19.2 Å². The fourth-order valence-corrected chi connectivity index (χ4v) is 10.5. The number of aryl methyl sites for hydroxylation is 2. The standard InChI is InChI=1S/C17H24N4O3S2.C15H18Cl2N4O3S2/c1-2-3-14-4-6-15(7-5-14)26(22,23)20-17-19-18-16(25-17)8-9-21-10-12-24-13-11-21;1-10-8-11(16)9-12(17)14(10)26(22,23)20-15-19-18-13(25-15)2-3-21-4-6-24-7-5-21/h4-7H,2-3,8-13H2,1H3,(H,19,20);8-9H,2-7H2,1H3,(H,19,20). The number of hydrogen-bond donors (Lipinski definition) is 2. The third kappa shape index (κ3) is 12.0. The Morgan fingerprint density at radius 1 is 0.731 bits per heavy atom. The normalized spacial score (nSPS) is 15.9. The molecule has 4 aromatic rings. The van der Waals surface area contributed by atoms with Crippen LogP contribution >= 0.6 is 45.9 Å². The van der Waals surface area contributed by atoms with Crippen molar-refractivity contribution in [2.24, 2.45) is 0 Å². The van der Waals surface area contributed by atoms with Crippen LogP contribution in [0.4, 0.5) is 10.3 Å². The van der Waals surface area contributed by atoms with Crippen molar-refractivity contribution in [3.8, 4) is 0 Å². The van der Waals surface area contributed by atoms with Crippen LogP contribution in [-0.2, 0) is 48.8 Å². The molecule has 0 amide bonds. The van der Waals surface area contributed by atoms with E-state index in [1.807, 2.05) is 12.1 Å². The molecule has 284 valence electrons. The molecule has 14 nitrogen and oxygen atoms in total. The highest BCUT2D eigenvalue weighted by Gasteiger charge is 2.23. The minimum absolute atomic E-state index is 0.00590. The van der Waals surface area contributed by atoms with Crippen LogP contribution in [0, 0.1) is 6.92 Å². The van der Waals surface area contributed by atoms with E-state index >= 15 is 0 Å². The predicted octanol–water partition coefficient (Wildman–Crippen LogP) is 4.99. The van der Waals surface area contributed by atoms with E-state index in [0.717, 1.165) is 101 Å². The van der Waals surface area contributed by atoms with Crippen molar-refractivity contribution in [3.63, 3.8) is 0 Å². The van der Waals surface area contributed by atoms with Crippen molar-refractivity contribution >= 4 is 76.2 Å². The maximum Gasteiger partial charge on any atom is 0.265 e. The van der Waals surface area contributed by atoms with E-state index in [1.165, 1.54) is 28.7 Å². The highest BCUT2D eigenvalue weighted by Crippen LogP contribution is 2.31. The van der Waals surface area contributed by atoms with E-state index < -0.39 is 20.0 Å². The summed E-state index contributed by atoms with van der Waals surface area (Å²) in [6, 6.07) is 9.92. The zero-order chi connectivity index (χ0) is 37.1. The molecule has 0 saturated carbocycles. The second-order valence-electron chi connectivity index (χ2n) is 12.0. The molecule has 2 saturated heterocycles. The molecule has 20 heteroatoms. The smallest absolute Gasteiger partial charge is 0.265 e. The Morgan fingerprint density at radius 3 is 1.71 bits per heavy atom. The summed E-state index contributed by atoms with van der Waals surface area (Å²) < 4.78 is 65.9. The Hall–Kier alpha value is -2.52. The molecule has 52 heavy (non-hydrogen) atoms. The van der Waals surface area contributed by atoms with Gasteiger partial charge in [0.2, 0.25) is 10.3 Å². The molecule has 2 aromatic carbocycles. The molecule has 2 aliphatic rings. The van der Waals surface area contributed by atoms with Gasteiger partial charge in [0.25, 0.3) is 20.0 Å². The van der Waals surface area contributed by atoms with Gasteiger partial charge in [-0.15, -0.1) is 20.4 Å². The average molecular weight is 834 g/mol. The minimum atomic E-state index is -3.87. The molecule has 0 radical (unpaired) electrons. The van der Waals surface area contributed by atoms with Crippen LogP contribution in [0.1, 0.15) is 34.5 Å². The highest BCUT2D eigenvalue weighted by molar-refractivity contribution is 7.93. The molecule has 0 spiro atoms. The lowest BCUT2D eigenvalue weighted by Crippen LogP contribution is -2.37. The number of rotatable bonds is 14. The van der Waals surface area contributed by atoms with Crippen LogP contribution in [0.15, 0.2) is 46.2 Å². The molecule has 0 atom stereocenters. The monoisotopic (exact) mass is 832 g/mol. The fraction of sp³-hybridized carbons (Fsp3) is 0.500. The maximum absolute atomic E-state index is 12.6. The van der Waals surface area contributed by atoms with Crippen molar-refractivity contribution in [2.45, 2.75) is 49.3 Å². The Bertz CT molecular complexity index is 1940. The first kappa shape index (κ1) is 40.7. The SMILES string of the molecule is CCCc1ccc(S(=O)(=O)Nc2nnc(CCN3CCOCC3)s2)cc1.Cc1cc(Cl)cc(Cl)c1S(=O)(=O)Nc1nnc(CCN2CCOCC2)s1. The minimum Gasteiger partial charge on any atom is -0.379 e. The van der Waals surface area contributed by atoms with Crippen LogP contribution in [0.2, 0.25) is 10.0 Å². The van der Waals surface area contributed by atoms with Crippen molar-refractivity contribution in [1.82, 2.24) is 30.2 Å². The number of ether oxygens (including phenoxy) is 2. The largest absolute Gasteiger partial charge is 0.379 e. The molecule has 6 rings (SSSR count). The van der Waals surface area contributed by atoms with Gasteiger partial charge in [0.05, 0.1) is 36.3 Å². The Morgan fingerprint density at radius 2 is 1.23 bits per heavy atom. The van der Waals surface area contributed by atoms with Gasteiger partial charge in [-0.05, 0) is 48.7 Å². The first-order valence-electron chi connectivity index (χ1n) is 16.8. The summed E-state index contributed by atoms with van der Waals surface area (Å²) in [6.45, 7) is 12.1. The quantitative estimate of drug-likeness (QED) is 0.175. The number of hydrogen-bond acceptors (Lipinski definition) is 14. The van der Waals surface area contributed by atoms with Gasteiger partial charge in [-0.1, -0.05) is 71.4 Å². The third-order valence-corrected chi connectivity index (χ3v) is 13.7. The van der Waals surface area contributed by atoms with Gasteiger partial charge in [-0.25, -0.2) is 16.8 Å². The lowest BCUT2D eigenvalue weighted by Gasteiger charge is -2.25.